The van der Waals surface area contributed by atoms with E-state index in [-0.39, 0.29) is 15.5 Å². The van der Waals surface area contributed by atoms with Gasteiger partial charge in [-0.1, -0.05) is 0 Å². The van der Waals surface area contributed by atoms with Crippen LogP contribution in [0.3, 0.4) is 0 Å². The Morgan fingerprint density at radius 2 is 1.13 bits per heavy atom. The van der Waals surface area contributed by atoms with Crippen LogP contribution in [-0.2, 0) is 27.0 Å². The van der Waals surface area contributed by atoms with Crippen LogP contribution in [0.15, 0.2) is 42.2 Å². The number of hydrogen-bond donors (Lipinski definition) is 2. The molecule has 168 valence electrons. The van der Waals surface area contributed by atoms with Gasteiger partial charge in [0.05, 0.1) is 0 Å². The van der Waals surface area contributed by atoms with Crippen molar-refractivity contribution in [1.82, 2.24) is 0 Å². The molecule has 1 heterocycles. The van der Waals surface area contributed by atoms with Gasteiger partial charge < -0.3 is 0 Å². The Morgan fingerprint density at radius 3 is 1.55 bits per heavy atom. The van der Waals surface area contributed by atoms with E-state index in [9.17, 15) is 10.2 Å². The molecule has 1 aliphatic carbocycles. The van der Waals surface area contributed by atoms with Gasteiger partial charge in [0, 0.05) is 0 Å². The van der Waals surface area contributed by atoms with Crippen molar-refractivity contribution in [3.63, 3.8) is 0 Å². The molecule has 3 unspecified atom stereocenters. The Balaban J connectivity index is 1.72. The van der Waals surface area contributed by atoms with Gasteiger partial charge >= 0.3 is 231 Å². The minimum absolute atomic E-state index is 0.179. The van der Waals surface area contributed by atoms with E-state index in [1.807, 2.05) is 12.1 Å². The van der Waals surface area contributed by atoms with E-state index < -0.39 is 0 Å². The molecule has 0 spiro atoms. The molecule has 1 saturated carbocycles. The molecule has 2 aromatic rings. The Labute approximate surface area is 228 Å². The van der Waals surface area contributed by atoms with Crippen molar-refractivity contribution in [1.29, 1.82) is 0 Å². The summed E-state index contributed by atoms with van der Waals surface area (Å²) in [5, 5.41) is 23.0. The van der Waals surface area contributed by atoms with Gasteiger partial charge in [0.2, 0.25) is 0 Å². The van der Waals surface area contributed by atoms with Crippen LogP contribution in [0.25, 0.3) is 0 Å². The van der Waals surface area contributed by atoms with E-state index in [1.54, 1.807) is 0 Å². The zero-order valence-electron chi connectivity index (χ0n) is 16.8. The summed E-state index contributed by atoms with van der Waals surface area (Å²) in [5.41, 5.74) is 2.15. The van der Waals surface area contributed by atoms with Crippen LogP contribution in [-0.4, -0.2) is 20.7 Å². The quantitative estimate of drug-likeness (QED) is 0.306. The summed E-state index contributed by atoms with van der Waals surface area (Å²) in [6.07, 6.45) is 8.09. The van der Waals surface area contributed by atoms with E-state index in [0.29, 0.717) is 27.4 Å². The minimum atomic E-state index is -0.179. The number of rotatable bonds is 4. The van der Waals surface area contributed by atoms with Crippen LogP contribution in [0, 0.1) is 0 Å². The second-order valence-corrected chi connectivity index (χ2v) is 23.1. The van der Waals surface area contributed by atoms with E-state index in [0.717, 1.165) is 51.0 Å². The molecule has 4 atom stereocenters. The molecule has 1 aliphatic heterocycles. The molecule has 1 fully saturated rings. The van der Waals surface area contributed by atoms with Gasteiger partial charge in [-0.2, -0.15) is 0 Å². The van der Waals surface area contributed by atoms with Gasteiger partial charge in [-0.05, 0) is 0 Å². The van der Waals surface area contributed by atoms with Crippen molar-refractivity contribution in [3.8, 4) is 11.5 Å². The van der Waals surface area contributed by atoms with Gasteiger partial charge in [-0.3, -0.25) is 0 Å². The molecule has 0 saturated heterocycles. The van der Waals surface area contributed by atoms with Crippen LogP contribution in [0.5, 0.6) is 11.5 Å². The molecule has 0 radical (unpaired) electrons. The molecule has 4 rings (SSSR count). The summed E-state index contributed by atoms with van der Waals surface area (Å²) in [6, 6.07) is 8.05. The third-order valence-corrected chi connectivity index (χ3v) is 24.0. The van der Waals surface area contributed by atoms with Gasteiger partial charge in [0.25, 0.3) is 0 Å². The first-order valence-electron chi connectivity index (χ1n) is 10.3. The Kier molecular flexibility index (Phi) is 9.37. The first-order valence-corrected chi connectivity index (χ1v) is 20.2. The normalized spacial score (nSPS) is 25.8. The molecule has 31 heavy (non-hydrogen) atoms. The van der Waals surface area contributed by atoms with E-state index in [4.69, 9.17) is 0 Å². The van der Waals surface area contributed by atoms with Crippen molar-refractivity contribution in [2.75, 3.05) is 0 Å². The summed E-state index contributed by atoms with van der Waals surface area (Å²) >= 11 is 14.1. The van der Waals surface area contributed by atoms with Gasteiger partial charge in [-0.15, -0.1) is 0 Å². The molecular formula is C22H24Br4O2S2Ti. The molecular weight excluding hydrogens is 728 g/mol. The fourth-order valence-corrected chi connectivity index (χ4v) is 27.9. The van der Waals surface area contributed by atoms with Gasteiger partial charge in [-0.25, -0.2) is 0 Å². The van der Waals surface area contributed by atoms with E-state index in [2.05, 4.69) is 75.9 Å². The Morgan fingerprint density at radius 1 is 0.710 bits per heavy atom. The molecule has 9 heteroatoms. The maximum absolute atomic E-state index is 10.7. The van der Waals surface area contributed by atoms with Crippen molar-refractivity contribution in [2.24, 2.45) is 0 Å². The summed E-state index contributed by atoms with van der Waals surface area (Å²) in [4.78, 5) is 0. The second kappa shape index (κ2) is 11.4. The summed E-state index contributed by atoms with van der Waals surface area (Å²) in [6.45, 7) is 0. The van der Waals surface area contributed by atoms with E-state index >= 15 is 0 Å². The van der Waals surface area contributed by atoms with Crippen molar-refractivity contribution in [3.05, 3.63) is 53.3 Å². The fraction of sp³-hybridized carbons (Fsp3) is 0.455. The number of hydrogen-bond acceptors (Lipinski definition) is 2. The second-order valence-electron chi connectivity index (χ2n) is 8.09. The molecule has 2 N–H and O–H groups in total. The summed E-state index contributed by atoms with van der Waals surface area (Å²) in [5.74, 6) is 2.82. The molecule has 0 bridgehead atoms. The van der Waals surface area contributed by atoms with Crippen molar-refractivity contribution >= 4 is 79.7 Å². The van der Waals surface area contributed by atoms with Crippen LogP contribution in [0.1, 0.15) is 49.7 Å². The summed E-state index contributed by atoms with van der Waals surface area (Å²) in [7, 11) is 0.738. The molecule has 2 aliphatic rings. The third kappa shape index (κ3) is 6.14. The monoisotopic (exact) mass is 748 g/mol. The third-order valence-electron chi connectivity index (χ3n) is 5.92. The van der Waals surface area contributed by atoms with Crippen LogP contribution in [0.4, 0.5) is 0 Å². The van der Waals surface area contributed by atoms with Gasteiger partial charge in [0.15, 0.2) is 0 Å². The number of phenols is 2. The standard InChI is InChI=1S/C22H24Br4O2S2.Ti/c23-15-7-13(21(27)17(25)9-15)11-29-19-5-3-1-2-4-6-20(19)30-12-14-8-16(24)10-18(26)22(14)28;/h7-10,19-20,27-28H,1-6,11-12H2;/t19-,20?;/m0./s1. The van der Waals surface area contributed by atoms with E-state index in [1.165, 1.54) is 38.5 Å². The number of fused-ring (bicyclic) bond motifs is 1. The zero-order chi connectivity index (χ0) is 22.1. The van der Waals surface area contributed by atoms with Gasteiger partial charge in [0.1, 0.15) is 0 Å². The average Bonchev–Trinajstić information content (AvgIpc) is 2.98. The number of halogens is 4. The molecule has 0 amide bonds. The van der Waals surface area contributed by atoms with Crippen molar-refractivity contribution < 1.29 is 25.7 Å². The fourth-order valence-electron chi connectivity index (χ4n) is 4.40. The van der Waals surface area contributed by atoms with Crippen LogP contribution in [0.2, 0.25) is 0 Å². The Bertz CT molecular complexity index is 1000. The number of aromatic hydroxyl groups is 2. The zero-order valence-corrected chi connectivity index (χ0v) is 26.4. The van der Waals surface area contributed by atoms with Crippen LogP contribution >= 0.6 is 79.7 Å². The average molecular weight is 752 g/mol. The Hall–Kier alpha value is 1.37. The number of phenolic OH excluding ortho intramolecular Hbond substituents is 2. The molecule has 0 aromatic heterocycles. The predicted molar refractivity (Wildman–Crippen MR) is 145 cm³/mol. The SMILES string of the molecule is Oc1c(Br)cc(Br)cc1C[S]1=[Ti]=[S](Cc2cc(Br)cc(Br)c2O)[C@H]2CCCCCCC21. The first-order chi connectivity index (χ1) is 14.8. The molecule has 2 nitrogen and oxygen atoms in total. The predicted octanol–water partition coefficient (Wildman–Crippen LogP) is 9.40. The molecule has 2 aromatic carbocycles. The summed E-state index contributed by atoms with van der Waals surface area (Å²) < 4.78 is 3.59. The topological polar surface area (TPSA) is 40.5 Å². The van der Waals surface area contributed by atoms with Crippen molar-refractivity contribution in [2.45, 2.75) is 60.5 Å². The number of benzene rings is 2. The maximum atomic E-state index is 10.7. The van der Waals surface area contributed by atoms with Crippen LogP contribution < -0.4 is 0 Å². The first kappa shape index (κ1) is 25.5.